The van der Waals surface area contributed by atoms with Crippen LogP contribution in [0.3, 0.4) is 0 Å². The number of urea groups is 1. The van der Waals surface area contributed by atoms with E-state index < -0.39 is 34.8 Å². The van der Waals surface area contributed by atoms with Crippen LogP contribution in [-0.4, -0.2) is 29.9 Å². The summed E-state index contributed by atoms with van der Waals surface area (Å²) in [5.74, 6) is -1.03. The van der Waals surface area contributed by atoms with Gasteiger partial charge in [0, 0.05) is 11.3 Å². The molecule has 2 heterocycles. The Labute approximate surface area is 190 Å². The lowest BCUT2D eigenvalue weighted by atomic mass is 9.73. The summed E-state index contributed by atoms with van der Waals surface area (Å²) in [5, 5.41) is 8.07. The highest BCUT2D eigenvalue weighted by Gasteiger charge is 2.51. The predicted molar refractivity (Wildman–Crippen MR) is 114 cm³/mol. The van der Waals surface area contributed by atoms with Crippen molar-refractivity contribution >= 4 is 17.4 Å². The Balaban J connectivity index is 1.49. The van der Waals surface area contributed by atoms with Gasteiger partial charge in [-0.25, -0.2) is 18.6 Å². The van der Waals surface area contributed by atoms with Crippen molar-refractivity contribution in [2.45, 2.75) is 11.6 Å². The number of hydrazone groups is 1. The van der Waals surface area contributed by atoms with Gasteiger partial charge < -0.3 is 10.1 Å². The van der Waals surface area contributed by atoms with E-state index in [9.17, 15) is 26.7 Å². The number of halogens is 5. The number of carbonyl (C=O) groups is 1. The van der Waals surface area contributed by atoms with Crippen molar-refractivity contribution in [3.8, 4) is 5.75 Å². The van der Waals surface area contributed by atoms with E-state index in [4.69, 9.17) is 4.74 Å². The maximum Gasteiger partial charge on any atom is 0.416 e. The lowest BCUT2D eigenvalue weighted by Gasteiger charge is -2.35. The Morgan fingerprint density at radius 1 is 1.00 bits per heavy atom. The highest BCUT2D eigenvalue weighted by atomic mass is 19.4. The molecule has 3 aromatic rings. The Hall–Kier alpha value is -3.95. The van der Waals surface area contributed by atoms with Crippen molar-refractivity contribution in [1.29, 1.82) is 0 Å². The van der Waals surface area contributed by atoms with Crippen LogP contribution in [-0.2, 0) is 11.6 Å². The van der Waals surface area contributed by atoms with Crippen LogP contribution >= 0.6 is 0 Å². The maximum absolute atomic E-state index is 14.4. The Kier molecular flexibility index (Phi) is 5.03. The zero-order valence-corrected chi connectivity index (χ0v) is 17.4. The fourth-order valence-corrected chi connectivity index (χ4v) is 4.17. The lowest BCUT2D eigenvalue weighted by molar-refractivity contribution is -0.137. The molecule has 1 atom stereocenters. The van der Waals surface area contributed by atoms with Gasteiger partial charge in [-0.05, 0) is 54.1 Å². The second-order valence-electron chi connectivity index (χ2n) is 8.01. The van der Waals surface area contributed by atoms with Gasteiger partial charge in [0.1, 0.15) is 12.4 Å². The van der Waals surface area contributed by atoms with Crippen LogP contribution < -0.4 is 10.1 Å². The van der Waals surface area contributed by atoms with Crippen LogP contribution in [0, 0.1) is 11.6 Å². The summed E-state index contributed by atoms with van der Waals surface area (Å²) >= 11 is 0. The quantitative estimate of drug-likeness (QED) is 0.495. The molecule has 2 aliphatic rings. The molecule has 2 aliphatic heterocycles. The third-order valence-electron chi connectivity index (χ3n) is 5.87. The number of carbonyl (C=O) groups excluding carboxylic acids is 1. The molecule has 1 N–H and O–H groups in total. The van der Waals surface area contributed by atoms with Gasteiger partial charge in [-0.2, -0.15) is 18.3 Å². The van der Waals surface area contributed by atoms with Gasteiger partial charge in [0.05, 0.1) is 23.2 Å². The Morgan fingerprint density at radius 3 is 2.38 bits per heavy atom. The van der Waals surface area contributed by atoms with E-state index in [1.165, 1.54) is 24.3 Å². The van der Waals surface area contributed by atoms with E-state index >= 15 is 0 Å². The number of hydrogen-bond acceptors (Lipinski definition) is 3. The summed E-state index contributed by atoms with van der Waals surface area (Å²) < 4.78 is 72.1. The molecule has 0 fully saturated rings. The number of ether oxygens (including phenoxy) is 1. The first-order valence-electron chi connectivity index (χ1n) is 10.2. The minimum atomic E-state index is -4.50. The maximum atomic E-state index is 14.4. The third kappa shape index (κ3) is 3.64. The largest absolute Gasteiger partial charge is 0.488 e. The van der Waals surface area contributed by atoms with Crippen LogP contribution in [0.4, 0.5) is 32.4 Å². The summed E-state index contributed by atoms with van der Waals surface area (Å²) in [5.41, 5.74) is -0.336. The van der Waals surface area contributed by atoms with E-state index in [1.807, 2.05) is 0 Å². The molecule has 3 aromatic carbocycles. The molecule has 5 rings (SSSR count). The van der Waals surface area contributed by atoms with Crippen molar-refractivity contribution < 1.29 is 31.5 Å². The number of alkyl halides is 3. The van der Waals surface area contributed by atoms with Crippen LogP contribution in [0.5, 0.6) is 5.75 Å². The average molecular weight is 473 g/mol. The first-order valence-corrected chi connectivity index (χ1v) is 10.2. The van der Waals surface area contributed by atoms with Gasteiger partial charge in [0.25, 0.3) is 0 Å². The topological polar surface area (TPSA) is 53.9 Å². The van der Waals surface area contributed by atoms with E-state index in [2.05, 4.69) is 10.4 Å². The Bertz CT molecular complexity index is 1290. The first kappa shape index (κ1) is 21.9. The zero-order valence-electron chi connectivity index (χ0n) is 17.4. The minimum absolute atomic E-state index is 0.00358. The fourth-order valence-electron chi connectivity index (χ4n) is 4.17. The second-order valence-corrected chi connectivity index (χ2v) is 8.01. The molecule has 0 saturated heterocycles. The number of nitrogens with zero attached hydrogens (tertiary/aromatic N) is 2. The third-order valence-corrected chi connectivity index (χ3v) is 5.87. The van der Waals surface area contributed by atoms with Crippen molar-refractivity contribution in [1.82, 2.24) is 5.01 Å². The minimum Gasteiger partial charge on any atom is -0.488 e. The molecular weight excluding hydrogens is 457 g/mol. The number of nitrogens with one attached hydrogen (secondary N) is 1. The molecule has 34 heavy (non-hydrogen) atoms. The molecule has 1 unspecified atom stereocenters. The van der Waals surface area contributed by atoms with Crippen LogP contribution in [0.2, 0.25) is 0 Å². The van der Waals surface area contributed by atoms with Gasteiger partial charge in [-0.15, -0.1) is 0 Å². The Morgan fingerprint density at radius 2 is 1.71 bits per heavy atom. The molecular formula is C24H16F5N3O2. The predicted octanol–water partition coefficient (Wildman–Crippen LogP) is 5.57. The van der Waals surface area contributed by atoms with Crippen molar-refractivity contribution in [2.24, 2.45) is 5.10 Å². The van der Waals surface area contributed by atoms with Gasteiger partial charge in [0.2, 0.25) is 0 Å². The molecule has 0 aromatic heterocycles. The van der Waals surface area contributed by atoms with Crippen molar-refractivity contribution in [3.05, 3.63) is 95.1 Å². The highest BCUT2D eigenvalue weighted by molar-refractivity contribution is 6.13. The normalized spacial score (nSPS) is 19.1. The van der Waals surface area contributed by atoms with Crippen LogP contribution in [0.15, 0.2) is 71.8 Å². The van der Waals surface area contributed by atoms with E-state index in [1.54, 1.807) is 18.2 Å². The number of benzene rings is 3. The number of anilines is 1. The number of amides is 2. The van der Waals surface area contributed by atoms with Crippen molar-refractivity contribution in [3.63, 3.8) is 0 Å². The summed E-state index contributed by atoms with van der Waals surface area (Å²) in [6.45, 7) is -0.0498. The molecule has 2 amide bonds. The summed E-state index contributed by atoms with van der Waals surface area (Å²) in [6, 6.07) is 13.3. The van der Waals surface area contributed by atoms with Crippen LogP contribution in [0.25, 0.3) is 0 Å². The van der Waals surface area contributed by atoms with E-state index in [0.717, 1.165) is 29.3 Å². The second kappa shape index (κ2) is 7.82. The summed E-state index contributed by atoms with van der Waals surface area (Å²) in [4.78, 5) is 13.0. The van der Waals surface area contributed by atoms with E-state index in [0.29, 0.717) is 16.8 Å². The molecule has 0 bridgehead atoms. The molecule has 5 nitrogen and oxygen atoms in total. The molecule has 0 aliphatic carbocycles. The van der Waals surface area contributed by atoms with E-state index in [-0.39, 0.29) is 24.6 Å². The van der Waals surface area contributed by atoms with Gasteiger partial charge in [-0.3, -0.25) is 0 Å². The smallest absolute Gasteiger partial charge is 0.416 e. The molecule has 174 valence electrons. The number of rotatable bonds is 2. The molecule has 10 heteroatoms. The highest BCUT2D eigenvalue weighted by Crippen LogP contribution is 2.43. The fraction of sp³-hybridized carbons (Fsp3) is 0.167. The number of hydrogen-bond donors (Lipinski definition) is 1. The van der Waals surface area contributed by atoms with Crippen LogP contribution in [0.1, 0.15) is 16.7 Å². The average Bonchev–Trinajstić information content (AvgIpc) is 3.21. The summed E-state index contributed by atoms with van der Waals surface area (Å²) in [7, 11) is 0. The van der Waals surface area contributed by atoms with Gasteiger partial charge in [0.15, 0.2) is 11.6 Å². The summed E-state index contributed by atoms with van der Waals surface area (Å²) in [6.07, 6.45) is -4.50. The molecule has 0 saturated carbocycles. The van der Waals surface area contributed by atoms with Crippen molar-refractivity contribution in [2.75, 3.05) is 18.5 Å². The number of fused-ring (bicyclic) bond motifs is 3. The number of para-hydroxylation sites is 1. The SMILES string of the molecule is O=C(Nc1ccc(C(F)(F)F)cc1)N1CC2(c3ccc(F)cc3)COc3c(F)cccc3C2=N1. The van der Waals surface area contributed by atoms with Gasteiger partial charge in [-0.1, -0.05) is 18.2 Å². The molecule has 0 radical (unpaired) electrons. The monoisotopic (exact) mass is 473 g/mol. The zero-order chi connectivity index (χ0) is 24.1. The lowest BCUT2D eigenvalue weighted by Crippen LogP contribution is -2.48. The standard InChI is InChI=1S/C24H16F5N3O2/c25-16-8-4-14(5-9-16)23-12-32(22(33)30-17-10-6-15(7-11-17)24(27,28)29)31-21(23)18-2-1-3-19(26)20(18)34-13-23/h1-11H,12-13H2,(H,30,33). The van der Waals surface area contributed by atoms with Gasteiger partial charge >= 0.3 is 12.2 Å². The first-order chi connectivity index (χ1) is 16.2. The molecule has 0 spiro atoms.